The molecule has 0 heterocycles. The van der Waals surface area contributed by atoms with E-state index in [0.29, 0.717) is 5.92 Å². The molecule has 0 spiro atoms. The molecule has 0 fully saturated rings. The molecule has 0 saturated heterocycles. The topological polar surface area (TPSA) is 9.23 Å². The lowest BCUT2D eigenvalue weighted by atomic mass is 10.2. The van der Waals surface area contributed by atoms with Crippen LogP contribution >= 0.6 is 18.7 Å². The molecule has 0 aliphatic heterocycles. The fraction of sp³-hybridized carbons (Fsp3) is 0.455. The predicted molar refractivity (Wildman–Crippen MR) is 64.3 cm³/mol. The molecule has 0 amide bonds. The summed E-state index contributed by atoms with van der Waals surface area (Å²) in [6.07, 6.45) is 0.935. The Labute approximate surface area is 92.1 Å². The maximum Gasteiger partial charge on any atom is 0.182 e. The molecule has 0 radical (unpaired) electrons. The Balaban J connectivity index is 2.47. The van der Waals surface area contributed by atoms with Crippen LogP contribution in [0.25, 0.3) is 0 Å². The highest BCUT2D eigenvalue weighted by Crippen LogP contribution is 2.44. The first-order chi connectivity index (χ1) is 6.58. The summed E-state index contributed by atoms with van der Waals surface area (Å²) in [5, 5.41) is 0. The largest absolute Gasteiger partial charge is 0.458 e. The lowest BCUT2D eigenvalue weighted by Crippen LogP contribution is -1.95. The monoisotopic (exact) mass is 230 g/mol. The Hall–Kier alpha value is -0.260. The van der Waals surface area contributed by atoms with E-state index in [2.05, 4.69) is 20.8 Å². The second kappa shape index (κ2) is 5.58. The standard InChI is InChI=1S/C11H16ClOP/c1-9(2)8-14(12)13-11-6-4-10(3)5-7-11/h4-7,9H,8H2,1-3H3. The van der Waals surface area contributed by atoms with Crippen molar-refractivity contribution in [3.63, 3.8) is 0 Å². The maximum atomic E-state index is 6.09. The summed E-state index contributed by atoms with van der Waals surface area (Å²) >= 11 is 6.09. The van der Waals surface area contributed by atoms with Gasteiger partial charge in [-0.2, -0.15) is 0 Å². The van der Waals surface area contributed by atoms with Crippen LogP contribution in [0.2, 0.25) is 0 Å². The Morgan fingerprint density at radius 2 is 1.86 bits per heavy atom. The van der Waals surface area contributed by atoms with Gasteiger partial charge >= 0.3 is 0 Å². The van der Waals surface area contributed by atoms with Crippen molar-refractivity contribution >= 4 is 18.7 Å². The van der Waals surface area contributed by atoms with Gasteiger partial charge in [0.05, 0.1) is 0 Å². The van der Waals surface area contributed by atoms with Gasteiger partial charge < -0.3 is 4.52 Å². The van der Waals surface area contributed by atoms with Gasteiger partial charge in [0.2, 0.25) is 0 Å². The van der Waals surface area contributed by atoms with Crippen molar-refractivity contribution in [2.45, 2.75) is 20.8 Å². The first-order valence-corrected chi connectivity index (χ1v) is 7.11. The molecular weight excluding hydrogens is 215 g/mol. The van der Waals surface area contributed by atoms with Crippen LogP contribution in [0.1, 0.15) is 19.4 Å². The lowest BCUT2D eigenvalue weighted by molar-refractivity contribution is 0.609. The van der Waals surface area contributed by atoms with Crippen molar-refractivity contribution < 1.29 is 4.52 Å². The molecule has 1 aromatic rings. The minimum Gasteiger partial charge on any atom is -0.458 e. The molecule has 1 unspecified atom stereocenters. The third-order valence-corrected chi connectivity index (χ3v) is 3.78. The van der Waals surface area contributed by atoms with Crippen LogP contribution < -0.4 is 4.52 Å². The molecular formula is C11H16ClOP. The Morgan fingerprint density at radius 3 is 2.36 bits per heavy atom. The molecule has 0 aromatic heterocycles. The van der Waals surface area contributed by atoms with E-state index in [1.165, 1.54) is 5.56 Å². The minimum absolute atomic E-state index is 0.587. The zero-order chi connectivity index (χ0) is 10.6. The summed E-state index contributed by atoms with van der Waals surface area (Å²) < 4.78 is 5.61. The Bertz CT molecular complexity index is 271. The van der Waals surface area contributed by atoms with Crippen LogP contribution in [0.4, 0.5) is 0 Å². The highest BCUT2D eigenvalue weighted by molar-refractivity contribution is 7.80. The van der Waals surface area contributed by atoms with E-state index >= 15 is 0 Å². The van der Waals surface area contributed by atoms with Gasteiger partial charge in [0.15, 0.2) is 7.50 Å². The molecule has 3 heteroatoms. The van der Waals surface area contributed by atoms with Crippen LogP contribution in [-0.4, -0.2) is 6.16 Å². The minimum atomic E-state index is -0.834. The van der Waals surface area contributed by atoms with Gasteiger partial charge in [0.1, 0.15) is 5.75 Å². The molecule has 78 valence electrons. The van der Waals surface area contributed by atoms with Crippen LogP contribution in [0, 0.1) is 12.8 Å². The van der Waals surface area contributed by atoms with E-state index in [1.807, 2.05) is 24.3 Å². The number of benzene rings is 1. The van der Waals surface area contributed by atoms with Gasteiger partial charge in [0.25, 0.3) is 0 Å². The van der Waals surface area contributed by atoms with E-state index in [0.717, 1.165) is 11.9 Å². The first kappa shape index (κ1) is 11.8. The van der Waals surface area contributed by atoms with Crippen LogP contribution in [0.5, 0.6) is 5.75 Å². The van der Waals surface area contributed by atoms with Crippen molar-refractivity contribution in [3.8, 4) is 5.75 Å². The normalized spacial score (nSPS) is 12.9. The van der Waals surface area contributed by atoms with Crippen molar-refractivity contribution in [1.82, 2.24) is 0 Å². The molecule has 0 saturated carbocycles. The van der Waals surface area contributed by atoms with Crippen LogP contribution in [0.3, 0.4) is 0 Å². The van der Waals surface area contributed by atoms with Gasteiger partial charge in [0, 0.05) is 6.16 Å². The lowest BCUT2D eigenvalue weighted by Gasteiger charge is -2.13. The summed E-state index contributed by atoms with van der Waals surface area (Å²) in [5.41, 5.74) is 1.24. The second-order valence-electron chi connectivity index (χ2n) is 3.80. The molecule has 14 heavy (non-hydrogen) atoms. The van der Waals surface area contributed by atoms with Crippen molar-refractivity contribution in [3.05, 3.63) is 29.8 Å². The van der Waals surface area contributed by atoms with E-state index in [1.54, 1.807) is 0 Å². The highest BCUT2D eigenvalue weighted by atomic mass is 35.7. The second-order valence-corrected chi connectivity index (χ2v) is 6.11. The van der Waals surface area contributed by atoms with E-state index < -0.39 is 7.50 Å². The fourth-order valence-corrected chi connectivity index (χ4v) is 3.10. The van der Waals surface area contributed by atoms with Crippen molar-refractivity contribution in [2.24, 2.45) is 5.92 Å². The summed E-state index contributed by atoms with van der Waals surface area (Å²) in [6, 6.07) is 8.00. The first-order valence-electron chi connectivity index (χ1n) is 4.76. The average Bonchev–Trinajstić information content (AvgIpc) is 2.07. The molecule has 1 aromatic carbocycles. The average molecular weight is 231 g/mol. The smallest absolute Gasteiger partial charge is 0.182 e. The third-order valence-electron chi connectivity index (χ3n) is 1.73. The highest BCUT2D eigenvalue weighted by Gasteiger charge is 2.09. The van der Waals surface area contributed by atoms with E-state index in [-0.39, 0.29) is 0 Å². The van der Waals surface area contributed by atoms with Gasteiger partial charge in [-0.3, -0.25) is 0 Å². The zero-order valence-electron chi connectivity index (χ0n) is 8.83. The quantitative estimate of drug-likeness (QED) is 0.688. The Morgan fingerprint density at radius 1 is 1.29 bits per heavy atom. The maximum absolute atomic E-state index is 6.09. The van der Waals surface area contributed by atoms with E-state index in [4.69, 9.17) is 15.8 Å². The van der Waals surface area contributed by atoms with Gasteiger partial charge in [-0.25, -0.2) is 0 Å². The van der Waals surface area contributed by atoms with Crippen LogP contribution in [0.15, 0.2) is 24.3 Å². The molecule has 1 rings (SSSR count). The molecule has 1 atom stereocenters. The summed E-state index contributed by atoms with van der Waals surface area (Å²) in [6.45, 7) is 6.35. The number of rotatable bonds is 4. The van der Waals surface area contributed by atoms with Gasteiger partial charge in [-0.05, 0) is 36.2 Å². The molecule has 0 N–H and O–H groups in total. The summed E-state index contributed by atoms with van der Waals surface area (Å²) in [4.78, 5) is 0. The SMILES string of the molecule is Cc1ccc(OP(Cl)CC(C)C)cc1. The predicted octanol–water partition coefficient (Wildman–Crippen LogP) is 4.58. The zero-order valence-corrected chi connectivity index (χ0v) is 10.5. The fourth-order valence-electron chi connectivity index (χ4n) is 1.04. The van der Waals surface area contributed by atoms with Crippen molar-refractivity contribution in [2.75, 3.05) is 6.16 Å². The van der Waals surface area contributed by atoms with E-state index in [9.17, 15) is 0 Å². The Kier molecular flexibility index (Phi) is 4.71. The van der Waals surface area contributed by atoms with Gasteiger partial charge in [-0.15, -0.1) is 0 Å². The third kappa shape index (κ3) is 4.30. The van der Waals surface area contributed by atoms with Crippen molar-refractivity contribution in [1.29, 1.82) is 0 Å². The number of halogens is 1. The number of hydrogen-bond donors (Lipinski definition) is 0. The number of aryl methyl sites for hydroxylation is 1. The summed E-state index contributed by atoms with van der Waals surface area (Å²) in [7, 11) is -0.834. The number of hydrogen-bond acceptors (Lipinski definition) is 1. The molecule has 0 aliphatic carbocycles. The molecule has 1 nitrogen and oxygen atoms in total. The van der Waals surface area contributed by atoms with Crippen LogP contribution in [-0.2, 0) is 0 Å². The summed E-state index contributed by atoms with van der Waals surface area (Å²) in [5.74, 6) is 1.46. The molecule has 0 aliphatic rings. The molecule has 0 bridgehead atoms. The van der Waals surface area contributed by atoms with Gasteiger partial charge in [-0.1, -0.05) is 31.5 Å².